The van der Waals surface area contributed by atoms with Gasteiger partial charge in [-0.15, -0.1) is 0 Å². The monoisotopic (exact) mass is 199 g/mol. The molecule has 1 N–H and O–H groups in total. The molecule has 0 atom stereocenters. The van der Waals surface area contributed by atoms with Crippen LogP contribution in [0.2, 0.25) is 0 Å². The van der Waals surface area contributed by atoms with Crippen molar-refractivity contribution in [3.63, 3.8) is 0 Å². The van der Waals surface area contributed by atoms with Gasteiger partial charge in [-0.25, -0.2) is 0 Å². The van der Waals surface area contributed by atoms with E-state index in [0.717, 1.165) is 5.25 Å². The van der Waals surface area contributed by atoms with Gasteiger partial charge in [0, 0.05) is 16.5 Å². The van der Waals surface area contributed by atoms with Crippen LogP contribution in [0.25, 0.3) is 0 Å². The van der Waals surface area contributed by atoms with E-state index in [9.17, 15) is 0 Å². The maximum Gasteiger partial charge on any atom is 0.0288 e. The van der Waals surface area contributed by atoms with Crippen LogP contribution in [-0.4, -0.2) is 23.6 Å². The van der Waals surface area contributed by atoms with E-state index in [2.05, 4.69) is 24.1 Å². The molecule has 2 aliphatic carbocycles. The Bertz CT molecular complexity index is 159. The first-order chi connectivity index (χ1) is 6.35. The van der Waals surface area contributed by atoms with Crippen LogP contribution in [0, 0.1) is 0 Å². The predicted molar refractivity (Wildman–Crippen MR) is 60.4 cm³/mol. The summed E-state index contributed by atoms with van der Waals surface area (Å²) >= 11 is 2.30. The fraction of sp³-hybridized carbons (Fsp3) is 1.00. The van der Waals surface area contributed by atoms with E-state index < -0.39 is 0 Å². The van der Waals surface area contributed by atoms with E-state index >= 15 is 0 Å². The smallest absolute Gasteiger partial charge is 0.0288 e. The highest BCUT2D eigenvalue weighted by atomic mass is 32.2. The molecule has 2 heteroatoms. The Morgan fingerprint density at radius 3 is 2.46 bits per heavy atom. The van der Waals surface area contributed by atoms with Crippen molar-refractivity contribution >= 4 is 11.8 Å². The van der Waals surface area contributed by atoms with Crippen LogP contribution in [0.1, 0.15) is 44.9 Å². The molecule has 13 heavy (non-hydrogen) atoms. The fourth-order valence-corrected chi connectivity index (χ4v) is 4.18. The molecular formula is C11H21NS. The predicted octanol–water partition coefficient (Wildman–Crippen LogP) is 2.80. The molecule has 0 aromatic carbocycles. The lowest BCUT2D eigenvalue weighted by Crippen LogP contribution is -2.25. The van der Waals surface area contributed by atoms with Gasteiger partial charge in [-0.3, -0.25) is 0 Å². The molecule has 2 aliphatic rings. The number of thioether (sulfide) groups is 1. The number of rotatable bonds is 4. The molecule has 0 aromatic heterocycles. The molecule has 0 heterocycles. The summed E-state index contributed by atoms with van der Waals surface area (Å²) in [6, 6.07) is 0. The maximum absolute atomic E-state index is 3.34. The Morgan fingerprint density at radius 2 is 1.92 bits per heavy atom. The minimum Gasteiger partial charge on any atom is -0.318 e. The Kier molecular flexibility index (Phi) is 3.20. The van der Waals surface area contributed by atoms with Crippen LogP contribution < -0.4 is 5.32 Å². The second kappa shape index (κ2) is 4.22. The molecule has 0 aromatic rings. The second-order valence-electron chi connectivity index (χ2n) is 4.59. The van der Waals surface area contributed by atoms with Crippen LogP contribution in [0.4, 0.5) is 0 Å². The number of hydrogen-bond acceptors (Lipinski definition) is 2. The van der Waals surface area contributed by atoms with Crippen molar-refractivity contribution in [2.45, 2.75) is 54.9 Å². The lowest BCUT2D eigenvalue weighted by molar-refractivity contribution is 0.514. The molecular weight excluding hydrogens is 178 g/mol. The van der Waals surface area contributed by atoms with Gasteiger partial charge in [0.05, 0.1) is 0 Å². The zero-order chi connectivity index (χ0) is 9.15. The highest BCUT2D eigenvalue weighted by Gasteiger charge is 2.44. The first-order valence-electron chi connectivity index (χ1n) is 5.67. The molecule has 0 saturated heterocycles. The minimum atomic E-state index is 0.663. The van der Waals surface area contributed by atoms with Gasteiger partial charge < -0.3 is 5.32 Å². The first-order valence-corrected chi connectivity index (χ1v) is 6.55. The molecule has 0 aliphatic heterocycles. The summed E-state index contributed by atoms with van der Waals surface area (Å²) in [5.74, 6) is 0. The van der Waals surface area contributed by atoms with Crippen molar-refractivity contribution in [2.75, 3.05) is 13.6 Å². The van der Waals surface area contributed by atoms with Crippen molar-refractivity contribution < 1.29 is 0 Å². The van der Waals surface area contributed by atoms with E-state index in [4.69, 9.17) is 0 Å². The Hall–Kier alpha value is 0.310. The lowest BCUT2D eigenvalue weighted by atomic mass is 10.0. The maximum atomic E-state index is 3.34. The Balaban J connectivity index is 1.76. The molecule has 1 nitrogen and oxygen atoms in total. The van der Waals surface area contributed by atoms with Gasteiger partial charge >= 0.3 is 0 Å². The molecule has 2 fully saturated rings. The van der Waals surface area contributed by atoms with Gasteiger partial charge in [0.1, 0.15) is 0 Å². The third-order valence-electron chi connectivity index (χ3n) is 3.28. The van der Waals surface area contributed by atoms with Crippen molar-refractivity contribution in [1.82, 2.24) is 5.32 Å². The normalized spacial score (nSPS) is 27.5. The fourth-order valence-electron chi connectivity index (χ4n) is 2.33. The zero-order valence-electron chi connectivity index (χ0n) is 8.64. The SMILES string of the molecule is CNCC1(SC2CCCCC2)CC1. The van der Waals surface area contributed by atoms with Gasteiger partial charge in [-0.2, -0.15) is 11.8 Å². The summed E-state index contributed by atoms with van der Waals surface area (Å²) in [6.07, 6.45) is 10.3. The van der Waals surface area contributed by atoms with Gasteiger partial charge in [0.15, 0.2) is 0 Å². The molecule has 0 unspecified atom stereocenters. The highest BCUT2D eigenvalue weighted by Crippen LogP contribution is 2.51. The average Bonchev–Trinajstić information content (AvgIpc) is 2.87. The molecule has 2 rings (SSSR count). The second-order valence-corrected chi connectivity index (χ2v) is 6.36. The van der Waals surface area contributed by atoms with Crippen LogP contribution in [0.3, 0.4) is 0 Å². The molecule has 0 radical (unpaired) electrons. The standard InChI is InChI=1S/C11H21NS/c1-12-9-11(7-8-11)13-10-5-3-2-4-6-10/h10,12H,2-9H2,1H3. The average molecular weight is 199 g/mol. The Morgan fingerprint density at radius 1 is 1.23 bits per heavy atom. The first kappa shape index (κ1) is 9.85. The number of hydrogen-bond donors (Lipinski definition) is 1. The van der Waals surface area contributed by atoms with Gasteiger partial charge in [0.2, 0.25) is 0 Å². The van der Waals surface area contributed by atoms with E-state index in [1.165, 1.54) is 51.5 Å². The molecule has 76 valence electrons. The Labute approximate surface area is 86.0 Å². The van der Waals surface area contributed by atoms with E-state index in [1.807, 2.05) is 0 Å². The van der Waals surface area contributed by atoms with E-state index in [-0.39, 0.29) is 0 Å². The summed E-state index contributed by atoms with van der Waals surface area (Å²) < 4.78 is 0.663. The van der Waals surface area contributed by atoms with Gasteiger partial charge in [-0.1, -0.05) is 19.3 Å². The third-order valence-corrected chi connectivity index (χ3v) is 5.13. The van der Waals surface area contributed by atoms with Crippen LogP contribution in [-0.2, 0) is 0 Å². The largest absolute Gasteiger partial charge is 0.318 e. The topological polar surface area (TPSA) is 12.0 Å². The van der Waals surface area contributed by atoms with Crippen molar-refractivity contribution in [3.8, 4) is 0 Å². The van der Waals surface area contributed by atoms with Crippen molar-refractivity contribution in [1.29, 1.82) is 0 Å². The molecule has 0 spiro atoms. The van der Waals surface area contributed by atoms with Crippen molar-refractivity contribution in [2.24, 2.45) is 0 Å². The molecule has 0 amide bonds. The molecule has 0 bridgehead atoms. The zero-order valence-corrected chi connectivity index (χ0v) is 9.46. The quantitative estimate of drug-likeness (QED) is 0.747. The van der Waals surface area contributed by atoms with Gasteiger partial charge in [0.25, 0.3) is 0 Å². The van der Waals surface area contributed by atoms with E-state index in [1.54, 1.807) is 0 Å². The summed E-state index contributed by atoms with van der Waals surface area (Å²) in [6.45, 7) is 1.23. The summed E-state index contributed by atoms with van der Waals surface area (Å²) in [5, 5.41) is 4.33. The molecule has 2 saturated carbocycles. The van der Waals surface area contributed by atoms with Crippen LogP contribution >= 0.6 is 11.8 Å². The van der Waals surface area contributed by atoms with Crippen LogP contribution in [0.15, 0.2) is 0 Å². The highest BCUT2D eigenvalue weighted by molar-refractivity contribution is 8.01. The summed E-state index contributed by atoms with van der Waals surface area (Å²) in [5.41, 5.74) is 0. The van der Waals surface area contributed by atoms with Crippen LogP contribution in [0.5, 0.6) is 0 Å². The third kappa shape index (κ3) is 2.63. The van der Waals surface area contributed by atoms with Crippen molar-refractivity contribution in [3.05, 3.63) is 0 Å². The number of nitrogens with one attached hydrogen (secondary N) is 1. The van der Waals surface area contributed by atoms with E-state index in [0.29, 0.717) is 4.75 Å². The lowest BCUT2D eigenvalue weighted by Gasteiger charge is -2.25. The minimum absolute atomic E-state index is 0.663. The van der Waals surface area contributed by atoms with Gasteiger partial charge in [-0.05, 0) is 32.7 Å². The summed E-state index contributed by atoms with van der Waals surface area (Å²) in [4.78, 5) is 0. The summed E-state index contributed by atoms with van der Waals surface area (Å²) in [7, 11) is 2.08.